The van der Waals surface area contributed by atoms with Crippen LogP contribution < -0.4 is 0 Å². The van der Waals surface area contributed by atoms with Crippen molar-refractivity contribution in [3.8, 4) is 11.3 Å². The van der Waals surface area contributed by atoms with Gasteiger partial charge < -0.3 is 5.11 Å². The van der Waals surface area contributed by atoms with E-state index in [2.05, 4.69) is 82.0 Å². The van der Waals surface area contributed by atoms with Crippen molar-refractivity contribution in [1.29, 1.82) is 0 Å². The molecule has 0 bridgehead atoms. The van der Waals surface area contributed by atoms with Crippen molar-refractivity contribution < 1.29 is 50.3 Å². The summed E-state index contributed by atoms with van der Waals surface area (Å²) in [6.07, 6.45) is 0.532. The summed E-state index contributed by atoms with van der Waals surface area (Å²) in [6.45, 7) is 21.1. The number of ketones is 1. The van der Waals surface area contributed by atoms with Crippen LogP contribution in [0.3, 0.4) is 0 Å². The van der Waals surface area contributed by atoms with Crippen LogP contribution in [0.4, 0.5) is 17.6 Å². The third-order valence-corrected chi connectivity index (χ3v) is 13.9. The molecule has 54 heavy (non-hydrogen) atoms. The first-order chi connectivity index (χ1) is 25.0. The molecule has 0 fully saturated rings. The minimum Gasteiger partial charge on any atom is -0.506 e. The number of carbonyl (C=O) groups excluding carboxylic acids is 1. The van der Waals surface area contributed by atoms with Gasteiger partial charge in [0.05, 0.1) is 16.1 Å². The van der Waals surface area contributed by atoms with E-state index in [0.717, 1.165) is 42.4 Å². The van der Waals surface area contributed by atoms with Gasteiger partial charge in [-0.05, 0) is 29.3 Å². The van der Waals surface area contributed by atoms with Crippen molar-refractivity contribution in [3.05, 3.63) is 89.8 Å². The van der Waals surface area contributed by atoms with E-state index in [1.54, 1.807) is 50.6 Å². The van der Waals surface area contributed by atoms with E-state index in [4.69, 9.17) is 7.73 Å². The second-order valence-corrected chi connectivity index (χ2v) is 35.3. The Bertz CT molecular complexity index is 2230. The van der Waals surface area contributed by atoms with E-state index in [9.17, 15) is 27.5 Å². The summed E-state index contributed by atoms with van der Waals surface area (Å²) in [4.78, 5) is 16.3. The van der Waals surface area contributed by atoms with Gasteiger partial charge in [0.25, 0.3) is 0 Å². The van der Waals surface area contributed by atoms with Crippen molar-refractivity contribution in [2.75, 3.05) is 0 Å². The van der Waals surface area contributed by atoms with Crippen LogP contribution in [0.1, 0.15) is 33.6 Å². The molecule has 3 nitrogen and oxygen atoms in total. The number of carbonyl (C=O) groups is 1. The van der Waals surface area contributed by atoms with E-state index < -0.39 is 66.1 Å². The number of rotatable bonds is 12. The normalized spacial score (nSPS) is 14.1. The molecule has 1 N–H and O–H groups in total. The summed E-state index contributed by atoms with van der Waals surface area (Å²) in [7, 11) is -6.08. The van der Waals surface area contributed by atoms with Crippen LogP contribution in [0.2, 0.25) is 77.1 Å². The number of thiophene rings is 1. The van der Waals surface area contributed by atoms with Gasteiger partial charge in [-0.25, -0.2) is 0 Å². The number of aliphatic hydroxyl groups is 1. The first-order valence-corrected chi connectivity index (χ1v) is 29.9. The number of hydrogen-bond donors (Lipinski definition) is 1. The second kappa shape index (κ2) is 17.3. The molecule has 5 rings (SSSR count). The van der Waals surface area contributed by atoms with Crippen molar-refractivity contribution in [3.63, 3.8) is 0 Å². The Morgan fingerprint density at radius 2 is 1.43 bits per heavy atom. The molecule has 0 saturated heterocycles. The number of halogens is 4. The van der Waals surface area contributed by atoms with Gasteiger partial charge in [0.1, 0.15) is 0 Å². The number of aromatic nitrogens is 1. The fraction of sp³-hybridized carbons (Fsp3) is 0.429. The number of aliphatic hydroxyl groups excluding tert-OH is 1. The van der Waals surface area contributed by atoms with Gasteiger partial charge >= 0.3 is 11.8 Å². The van der Waals surface area contributed by atoms with Crippen LogP contribution in [0.5, 0.6) is 0 Å². The summed E-state index contributed by atoms with van der Waals surface area (Å²) in [5.41, 5.74) is 4.05. The predicted molar refractivity (Wildman–Crippen MR) is 227 cm³/mol. The Hall–Kier alpha value is -2.48. The van der Waals surface area contributed by atoms with Gasteiger partial charge in [0, 0.05) is 75.8 Å². The van der Waals surface area contributed by atoms with Gasteiger partial charge in [-0.15, -0.1) is 40.5 Å². The summed E-state index contributed by atoms with van der Waals surface area (Å²) in [5.74, 6) is -10.3. The van der Waals surface area contributed by atoms with Crippen LogP contribution in [0, 0.1) is 6.07 Å². The Kier molecular flexibility index (Phi) is 13.7. The smallest absolute Gasteiger partial charge is 0.306 e. The summed E-state index contributed by atoms with van der Waals surface area (Å²) in [6, 6.07) is 21.8. The molecule has 0 amide bonds. The van der Waals surface area contributed by atoms with Crippen LogP contribution in [-0.2, 0) is 31.3 Å². The zero-order valence-corrected chi connectivity index (χ0v) is 39.3. The standard InChI is InChI=1S/C29H30NSSi.C13H24F4O2Si2.Ir/c1-19(2)26-18-22(17-21-9-6-7-11-23(21)26)27-29-25(13-15-30-27)24-12-8-10-20(28(24)31-29)14-16-32(3,4)5;1-20(2,3)8-12(14,15)10(18)7-11(19)13(16,17)9-21(4,5)6;/h6-13,15,18-19H,14,16H2,1-5H3;7,18H,8-9H2,1-6H3;/q-1;;/b;10-7-;/i14D2;;. The van der Waals surface area contributed by atoms with Crippen LogP contribution in [0.25, 0.3) is 42.2 Å². The van der Waals surface area contributed by atoms with Crippen LogP contribution in [-0.4, -0.2) is 51.9 Å². The number of alkyl halides is 4. The molecule has 5 aromatic rings. The Balaban J connectivity index is 0.000000333. The van der Waals surface area contributed by atoms with E-state index in [-0.39, 0.29) is 26.2 Å². The molecule has 0 unspecified atom stereocenters. The zero-order valence-electron chi connectivity index (χ0n) is 35.1. The van der Waals surface area contributed by atoms with Gasteiger partial charge in [-0.2, -0.15) is 17.6 Å². The van der Waals surface area contributed by atoms with Crippen molar-refractivity contribution in [2.45, 2.75) is 115 Å². The maximum Gasteiger partial charge on any atom is 0.306 e. The summed E-state index contributed by atoms with van der Waals surface area (Å²) < 4.78 is 74.9. The molecule has 1 radical (unpaired) electrons. The first kappa shape index (κ1) is 42.7. The minimum atomic E-state index is -3.71. The van der Waals surface area contributed by atoms with E-state index >= 15 is 0 Å². The molecule has 0 aliphatic carbocycles. The number of hydrogen-bond acceptors (Lipinski definition) is 4. The Morgan fingerprint density at radius 3 is 2.02 bits per heavy atom. The maximum absolute atomic E-state index is 13.7. The summed E-state index contributed by atoms with van der Waals surface area (Å²) in [5, 5.41) is 14.0. The van der Waals surface area contributed by atoms with Gasteiger partial charge in [-0.1, -0.05) is 126 Å². The van der Waals surface area contributed by atoms with Gasteiger partial charge in [-0.3, -0.25) is 9.78 Å². The molecule has 2 aromatic heterocycles. The number of fused-ring (bicyclic) bond motifs is 4. The zero-order chi connectivity index (χ0) is 41.5. The molecule has 0 saturated carbocycles. The van der Waals surface area contributed by atoms with Gasteiger partial charge in [0.15, 0.2) is 5.76 Å². The predicted octanol–water partition coefficient (Wildman–Crippen LogP) is 14.0. The largest absolute Gasteiger partial charge is 0.506 e. The van der Waals surface area contributed by atoms with E-state index in [0.29, 0.717) is 12.0 Å². The van der Waals surface area contributed by atoms with Crippen molar-refractivity contribution in [2.24, 2.45) is 0 Å². The molecular weight excluding hydrogens is 935 g/mol. The average molecular weight is 991 g/mol. The Morgan fingerprint density at radius 1 is 0.852 bits per heavy atom. The number of benzene rings is 3. The number of allylic oxidation sites excluding steroid dienone is 2. The van der Waals surface area contributed by atoms with Crippen molar-refractivity contribution >= 4 is 72.3 Å². The fourth-order valence-corrected chi connectivity index (χ4v) is 11.2. The average Bonchev–Trinajstić information content (AvgIpc) is 3.40. The third-order valence-electron chi connectivity index (χ3n) is 8.42. The monoisotopic (exact) mass is 991 g/mol. The molecule has 0 aliphatic rings. The number of nitrogens with zero attached hydrogens (tertiary/aromatic N) is 1. The van der Waals surface area contributed by atoms with Crippen LogP contribution >= 0.6 is 11.3 Å². The molecule has 2 heterocycles. The number of aryl methyl sites for hydroxylation is 1. The Labute approximate surface area is 341 Å². The summed E-state index contributed by atoms with van der Waals surface area (Å²) >= 11 is 1.68. The first-order valence-electron chi connectivity index (χ1n) is 19.0. The molecule has 3 aromatic carbocycles. The molecular formula is C42H54F4IrNO2SSi3-. The third kappa shape index (κ3) is 12.0. The fourth-order valence-electron chi connectivity index (χ4n) is 6.12. The molecule has 295 valence electrons. The van der Waals surface area contributed by atoms with Crippen molar-refractivity contribution in [1.82, 2.24) is 4.98 Å². The SMILES string of the molecule is C[Si](C)(C)CC(F)(F)C(=O)/C=C(\O)C(F)(F)C[Si](C)(C)C.[2H]C([2H])(C[Si](C)(C)C)c1cccc2c1sc1c(-c3[c-]c4ccccc4c(C(C)C)c3)nccc12.[Ir]. The molecule has 0 spiro atoms. The molecule has 0 aliphatic heterocycles. The topological polar surface area (TPSA) is 50.2 Å². The van der Waals surface area contributed by atoms with Crippen LogP contribution in [0.15, 0.2) is 72.6 Å². The second-order valence-electron chi connectivity index (χ2n) is 17.9. The van der Waals surface area contributed by atoms with E-state index in [1.165, 1.54) is 10.9 Å². The minimum absolute atomic E-state index is 0. The van der Waals surface area contributed by atoms with Gasteiger partial charge in [0.2, 0.25) is 5.78 Å². The quantitative estimate of drug-likeness (QED) is 0.0445. The number of pyridine rings is 1. The maximum atomic E-state index is 13.7. The molecule has 0 atom stereocenters. The molecule has 12 heteroatoms. The van der Waals surface area contributed by atoms with E-state index in [1.807, 2.05) is 18.3 Å².